The van der Waals surface area contributed by atoms with Crippen LogP contribution in [0.3, 0.4) is 0 Å². The average Bonchev–Trinajstić information content (AvgIpc) is 2.61. The molecule has 5 nitrogen and oxygen atoms in total. The van der Waals surface area contributed by atoms with Crippen molar-refractivity contribution in [3.8, 4) is 11.5 Å². The molecule has 1 aromatic rings. The van der Waals surface area contributed by atoms with Gasteiger partial charge >= 0.3 is 0 Å². The zero-order valence-electron chi connectivity index (χ0n) is 16.5. The molecule has 0 saturated carbocycles. The van der Waals surface area contributed by atoms with Crippen molar-refractivity contribution in [3.05, 3.63) is 23.8 Å². The highest BCUT2D eigenvalue weighted by Crippen LogP contribution is 2.34. The number of carbonyl (C=O) groups is 1. The normalized spacial score (nSPS) is 25.8. The zero-order chi connectivity index (χ0) is 18.7. The molecule has 2 fully saturated rings. The van der Waals surface area contributed by atoms with Crippen LogP contribution in [0.25, 0.3) is 0 Å². The van der Waals surface area contributed by atoms with Crippen molar-refractivity contribution in [3.63, 3.8) is 0 Å². The Balaban J connectivity index is 1.67. The smallest absolute Gasteiger partial charge is 0.251 e. The number of hydrogen-bond donors (Lipinski definition) is 1. The lowest BCUT2D eigenvalue weighted by molar-refractivity contribution is 0.0158. The van der Waals surface area contributed by atoms with E-state index < -0.39 is 0 Å². The van der Waals surface area contributed by atoms with Gasteiger partial charge in [0.25, 0.3) is 5.91 Å². The molecular formula is C21H32N2O3. The Kier molecular flexibility index (Phi) is 6.07. The van der Waals surface area contributed by atoms with Crippen LogP contribution in [0, 0.1) is 5.92 Å². The van der Waals surface area contributed by atoms with Crippen LogP contribution < -0.4 is 14.8 Å². The van der Waals surface area contributed by atoms with Crippen LogP contribution in [0.1, 0.15) is 56.3 Å². The van der Waals surface area contributed by atoms with Crippen LogP contribution in [-0.4, -0.2) is 49.7 Å². The number of rotatable bonds is 6. The SMILES string of the molecule is COc1cc(OC)cc(C(=O)NC2C[C@@H]3CCC[C@@H](C2)N3CC(C)C)c1. The lowest BCUT2D eigenvalue weighted by Crippen LogP contribution is -2.57. The van der Waals surface area contributed by atoms with E-state index >= 15 is 0 Å². The van der Waals surface area contributed by atoms with Crippen LogP contribution in [0.15, 0.2) is 18.2 Å². The summed E-state index contributed by atoms with van der Waals surface area (Å²) in [6.07, 6.45) is 5.93. The monoisotopic (exact) mass is 360 g/mol. The van der Waals surface area contributed by atoms with Crippen LogP contribution in [0.4, 0.5) is 0 Å². The van der Waals surface area contributed by atoms with Crippen molar-refractivity contribution in [2.45, 2.75) is 64.1 Å². The molecule has 1 amide bonds. The van der Waals surface area contributed by atoms with Crippen molar-refractivity contribution >= 4 is 5.91 Å². The zero-order valence-corrected chi connectivity index (χ0v) is 16.5. The van der Waals surface area contributed by atoms with E-state index in [0.717, 1.165) is 12.8 Å². The fourth-order valence-electron chi connectivity index (χ4n) is 4.52. The van der Waals surface area contributed by atoms with E-state index in [1.165, 1.54) is 25.8 Å². The molecule has 0 spiro atoms. The highest BCUT2D eigenvalue weighted by molar-refractivity contribution is 5.95. The maximum Gasteiger partial charge on any atom is 0.251 e. The standard InChI is InChI=1S/C21H32N2O3/c1-14(2)13-23-17-6-5-7-18(23)11-16(10-17)22-21(24)15-8-19(25-3)12-20(9-15)26-4/h8-9,12,14,16-18H,5-7,10-11,13H2,1-4H3,(H,22,24)/t17-,18-/m0/s1. The molecule has 2 atom stereocenters. The third-order valence-electron chi connectivity index (χ3n) is 5.65. The fraction of sp³-hybridized carbons (Fsp3) is 0.667. The van der Waals surface area contributed by atoms with Gasteiger partial charge in [-0.3, -0.25) is 9.69 Å². The van der Waals surface area contributed by atoms with Crippen molar-refractivity contribution in [1.29, 1.82) is 0 Å². The van der Waals surface area contributed by atoms with Gasteiger partial charge in [0.05, 0.1) is 14.2 Å². The lowest BCUT2D eigenvalue weighted by atomic mass is 9.81. The van der Waals surface area contributed by atoms with Crippen LogP contribution in [0.2, 0.25) is 0 Å². The molecule has 2 aliphatic rings. The number of amides is 1. The largest absolute Gasteiger partial charge is 0.497 e. The van der Waals surface area contributed by atoms with Crippen molar-refractivity contribution in [1.82, 2.24) is 10.2 Å². The van der Waals surface area contributed by atoms with E-state index in [-0.39, 0.29) is 11.9 Å². The van der Waals surface area contributed by atoms with E-state index in [1.54, 1.807) is 32.4 Å². The van der Waals surface area contributed by atoms with E-state index in [0.29, 0.717) is 35.1 Å². The second-order valence-corrected chi connectivity index (χ2v) is 8.07. The lowest BCUT2D eigenvalue weighted by Gasteiger charge is -2.49. The van der Waals surface area contributed by atoms with Crippen LogP contribution in [0.5, 0.6) is 11.5 Å². The van der Waals surface area contributed by atoms with E-state index in [4.69, 9.17) is 9.47 Å². The minimum absolute atomic E-state index is 0.0393. The van der Waals surface area contributed by atoms with Gasteiger partial charge in [0.2, 0.25) is 0 Å². The summed E-state index contributed by atoms with van der Waals surface area (Å²) in [4.78, 5) is 15.5. The minimum atomic E-state index is -0.0393. The number of hydrogen-bond acceptors (Lipinski definition) is 4. The number of nitrogens with zero attached hydrogens (tertiary/aromatic N) is 1. The molecule has 0 unspecified atom stereocenters. The van der Waals surface area contributed by atoms with Gasteiger partial charge in [0.15, 0.2) is 0 Å². The molecule has 1 N–H and O–H groups in total. The first-order valence-corrected chi connectivity index (χ1v) is 9.79. The minimum Gasteiger partial charge on any atom is -0.497 e. The third-order valence-corrected chi connectivity index (χ3v) is 5.65. The molecule has 3 rings (SSSR count). The predicted molar refractivity (Wildman–Crippen MR) is 103 cm³/mol. The third kappa shape index (κ3) is 4.32. The fourth-order valence-corrected chi connectivity index (χ4v) is 4.52. The van der Waals surface area contributed by atoms with Gasteiger partial charge in [-0.15, -0.1) is 0 Å². The van der Waals surface area contributed by atoms with Crippen molar-refractivity contribution < 1.29 is 14.3 Å². The molecule has 0 radical (unpaired) electrons. The Hall–Kier alpha value is -1.75. The number of benzene rings is 1. The molecular weight excluding hydrogens is 328 g/mol. The Bertz CT molecular complexity index is 595. The molecule has 26 heavy (non-hydrogen) atoms. The number of carbonyl (C=O) groups excluding carboxylic acids is 1. The Morgan fingerprint density at radius 2 is 1.69 bits per heavy atom. The first-order chi connectivity index (χ1) is 12.5. The van der Waals surface area contributed by atoms with Crippen LogP contribution >= 0.6 is 0 Å². The first-order valence-electron chi connectivity index (χ1n) is 9.79. The summed E-state index contributed by atoms with van der Waals surface area (Å²) in [6.45, 7) is 5.75. The van der Waals surface area contributed by atoms with Gasteiger partial charge in [0.1, 0.15) is 11.5 Å². The summed E-state index contributed by atoms with van der Waals surface area (Å²) in [5.74, 6) is 1.92. The molecule has 0 aromatic heterocycles. The van der Waals surface area contributed by atoms with Gasteiger partial charge in [-0.1, -0.05) is 20.3 Å². The Labute approximate surface area is 157 Å². The topological polar surface area (TPSA) is 50.8 Å². The predicted octanol–water partition coefficient (Wildman–Crippen LogP) is 3.48. The quantitative estimate of drug-likeness (QED) is 0.844. The van der Waals surface area contributed by atoms with Gasteiger partial charge in [-0.05, 0) is 43.7 Å². The molecule has 2 aliphatic heterocycles. The Morgan fingerprint density at radius 3 is 2.19 bits per heavy atom. The maximum atomic E-state index is 12.8. The first kappa shape index (κ1) is 19.0. The second kappa shape index (κ2) is 8.30. The molecule has 2 saturated heterocycles. The van der Waals surface area contributed by atoms with E-state index in [1.807, 2.05) is 0 Å². The summed E-state index contributed by atoms with van der Waals surface area (Å²) >= 11 is 0. The van der Waals surface area contributed by atoms with Gasteiger partial charge in [0, 0.05) is 36.3 Å². The summed E-state index contributed by atoms with van der Waals surface area (Å²) in [7, 11) is 3.20. The highest BCUT2D eigenvalue weighted by atomic mass is 16.5. The number of fused-ring (bicyclic) bond motifs is 2. The molecule has 5 heteroatoms. The maximum absolute atomic E-state index is 12.8. The van der Waals surface area contributed by atoms with E-state index in [9.17, 15) is 4.79 Å². The number of ether oxygens (including phenoxy) is 2. The number of piperidine rings is 2. The summed E-state index contributed by atoms with van der Waals surface area (Å²) in [5, 5.41) is 3.26. The molecule has 0 aliphatic carbocycles. The van der Waals surface area contributed by atoms with Gasteiger partial charge < -0.3 is 14.8 Å². The number of nitrogens with one attached hydrogen (secondary N) is 1. The van der Waals surface area contributed by atoms with Crippen molar-refractivity contribution in [2.24, 2.45) is 5.92 Å². The van der Waals surface area contributed by atoms with Gasteiger partial charge in [-0.25, -0.2) is 0 Å². The summed E-state index contributed by atoms with van der Waals surface area (Å²) < 4.78 is 10.6. The molecule has 2 bridgehead atoms. The highest BCUT2D eigenvalue weighted by Gasteiger charge is 2.38. The summed E-state index contributed by atoms with van der Waals surface area (Å²) in [6, 6.07) is 6.79. The Morgan fingerprint density at radius 1 is 1.12 bits per heavy atom. The molecule has 144 valence electrons. The molecule has 2 heterocycles. The van der Waals surface area contributed by atoms with Gasteiger partial charge in [-0.2, -0.15) is 0 Å². The second-order valence-electron chi connectivity index (χ2n) is 8.07. The van der Waals surface area contributed by atoms with E-state index in [2.05, 4.69) is 24.1 Å². The summed E-state index contributed by atoms with van der Waals surface area (Å²) in [5.41, 5.74) is 0.593. The van der Waals surface area contributed by atoms with Crippen LogP contribution in [-0.2, 0) is 0 Å². The van der Waals surface area contributed by atoms with Crippen molar-refractivity contribution in [2.75, 3.05) is 20.8 Å². The number of methoxy groups -OCH3 is 2. The molecule has 1 aromatic carbocycles. The average molecular weight is 360 g/mol.